The molecule has 1 heterocycles. The van der Waals surface area contributed by atoms with Crippen LogP contribution in [0.4, 0.5) is 4.79 Å². The fourth-order valence-electron chi connectivity index (χ4n) is 3.03. The van der Waals surface area contributed by atoms with Crippen molar-refractivity contribution >= 4 is 35.5 Å². The van der Waals surface area contributed by atoms with Crippen molar-refractivity contribution in [3.63, 3.8) is 0 Å². The first-order chi connectivity index (χ1) is 12.0. The number of carboxylic acids is 1. The lowest BCUT2D eigenvalue weighted by Crippen LogP contribution is -2.54. The molecule has 1 aliphatic heterocycles. The molecule has 2 amide bonds. The smallest absolute Gasteiger partial charge is 0.344 e. The number of rotatable bonds is 5. The lowest BCUT2D eigenvalue weighted by atomic mass is 9.94. The van der Waals surface area contributed by atoms with Crippen LogP contribution in [0, 0.1) is 5.92 Å². The molecule has 1 unspecified atom stereocenters. The van der Waals surface area contributed by atoms with E-state index in [4.69, 9.17) is 0 Å². The molecule has 0 aliphatic carbocycles. The maximum Gasteiger partial charge on any atom is 0.344 e. The summed E-state index contributed by atoms with van der Waals surface area (Å²) in [7, 11) is -4.48. The van der Waals surface area contributed by atoms with Crippen LogP contribution in [0.2, 0.25) is 0 Å². The quantitative estimate of drug-likeness (QED) is 0.595. The van der Waals surface area contributed by atoms with Gasteiger partial charge in [0.1, 0.15) is 12.3 Å². The first-order valence-electron chi connectivity index (χ1n) is 8.08. The van der Waals surface area contributed by atoms with E-state index in [1.54, 1.807) is 6.07 Å². The second-order valence-electron chi connectivity index (χ2n) is 6.77. The highest BCUT2D eigenvalue weighted by atomic mass is 79.9. The standard InChI is InChI=1S/C16H22BrN2O6P/c1-10(2)7-18(9-26(23,24)25)16(22)19-8-12-11(4-3-5-13(12)17)6-14(19)15(20)21/h3-5,10,14H,6-9H2,1-2H3,(H,20,21)(H2,23,24,25). The highest BCUT2D eigenvalue weighted by Gasteiger charge is 2.38. The number of urea groups is 1. The van der Waals surface area contributed by atoms with E-state index in [-0.39, 0.29) is 25.4 Å². The molecule has 1 aromatic carbocycles. The Morgan fingerprint density at radius 1 is 1.38 bits per heavy atom. The Bertz CT molecular complexity index is 750. The average Bonchev–Trinajstić information content (AvgIpc) is 2.51. The number of carboxylic acid groups (broad SMARTS) is 1. The molecule has 10 heteroatoms. The summed E-state index contributed by atoms with van der Waals surface area (Å²) in [6.45, 7) is 3.81. The largest absolute Gasteiger partial charge is 0.480 e. The van der Waals surface area contributed by atoms with E-state index in [0.29, 0.717) is 0 Å². The van der Waals surface area contributed by atoms with Gasteiger partial charge in [0.15, 0.2) is 0 Å². The van der Waals surface area contributed by atoms with Crippen molar-refractivity contribution in [2.45, 2.75) is 32.9 Å². The molecular weight excluding hydrogens is 427 g/mol. The van der Waals surface area contributed by atoms with Crippen molar-refractivity contribution in [1.29, 1.82) is 0 Å². The molecule has 0 saturated heterocycles. The van der Waals surface area contributed by atoms with Gasteiger partial charge in [-0.1, -0.05) is 41.9 Å². The normalized spacial score (nSPS) is 17.2. The number of halogens is 1. The Morgan fingerprint density at radius 3 is 2.58 bits per heavy atom. The Balaban J connectivity index is 2.37. The number of aliphatic carboxylic acids is 1. The first-order valence-corrected chi connectivity index (χ1v) is 10.7. The van der Waals surface area contributed by atoms with Gasteiger partial charge in [0.05, 0.1) is 0 Å². The minimum Gasteiger partial charge on any atom is -0.480 e. The van der Waals surface area contributed by atoms with Gasteiger partial charge in [-0.3, -0.25) is 4.57 Å². The predicted octanol–water partition coefficient (Wildman–Crippen LogP) is 2.47. The lowest BCUT2D eigenvalue weighted by molar-refractivity contribution is -0.142. The number of nitrogens with zero attached hydrogens (tertiary/aromatic N) is 2. The number of hydrogen-bond acceptors (Lipinski definition) is 3. The summed E-state index contributed by atoms with van der Waals surface area (Å²) in [5, 5.41) is 9.57. The molecule has 0 fully saturated rings. The van der Waals surface area contributed by atoms with Gasteiger partial charge in [-0.2, -0.15) is 0 Å². The molecule has 0 saturated carbocycles. The van der Waals surface area contributed by atoms with Crippen LogP contribution in [0.15, 0.2) is 22.7 Å². The average molecular weight is 449 g/mol. The molecule has 26 heavy (non-hydrogen) atoms. The fraction of sp³-hybridized carbons (Fsp3) is 0.500. The summed E-state index contributed by atoms with van der Waals surface area (Å²) in [5.74, 6) is -1.18. The van der Waals surface area contributed by atoms with Gasteiger partial charge in [-0.15, -0.1) is 0 Å². The third kappa shape index (κ3) is 5.07. The molecule has 0 spiro atoms. The lowest BCUT2D eigenvalue weighted by Gasteiger charge is -2.38. The summed E-state index contributed by atoms with van der Waals surface area (Å²) in [6.07, 6.45) is -0.600. The summed E-state index contributed by atoms with van der Waals surface area (Å²) >= 11 is 3.42. The molecule has 0 radical (unpaired) electrons. The number of carbonyl (C=O) groups is 2. The van der Waals surface area contributed by atoms with E-state index in [9.17, 15) is 29.0 Å². The van der Waals surface area contributed by atoms with Gasteiger partial charge in [-0.05, 0) is 23.1 Å². The highest BCUT2D eigenvalue weighted by Crippen LogP contribution is 2.37. The van der Waals surface area contributed by atoms with E-state index >= 15 is 0 Å². The molecular formula is C16H22BrN2O6P. The van der Waals surface area contributed by atoms with Crippen LogP contribution in [-0.4, -0.2) is 55.6 Å². The molecule has 3 N–H and O–H groups in total. The Morgan fingerprint density at radius 2 is 2.04 bits per heavy atom. The number of carbonyl (C=O) groups excluding carboxylic acids is 1. The second kappa shape index (κ2) is 8.08. The summed E-state index contributed by atoms with van der Waals surface area (Å²) in [6, 6.07) is 3.66. The minimum absolute atomic E-state index is 0.0300. The van der Waals surface area contributed by atoms with E-state index < -0.39 is 31.9 Å². The van der Waals surface area contributed by atoms with Crippen LogP contribution in [0.25, 0.3) is 0 Å². The van der Waals surface area contributed by atoms with Crippen LogP contribution >= 0.6 is 23.5 Å². The third-order valence-electron chi connectivity index (χ3n) is 4.08. The second-order valence-corrected chi connectivity index (χ2v) is 9.24. The summed E-state index contributed by atoms with van der Waals surface area (Å²) in [5.41, 5.74) is 1.64. The van der Waals surface area contributed by atoms with Gasteiger partial charge >= 0.3 is 19.6 Å². The zero-order valence-corrected chi connectivity index (χ0v) is 17.0. The van der Waals surface area contributed by atoms with Gasteiger partial charge in [0, 0.05) is 24.0 Å². The van der Waals surface area contributed by atoms with Gasteiger partial charge < -0.3 is 24.7 Å². The monoisotopic (exact) mass is 448 g/mol. The highest BCUT2D eigenvalue weighted by molar-refractivity contribution is 9.10. The molecule has 0 bridgehead atoms. The van der Waals surface area contributed by atoms with Crippen molar-refractivity contribution in [3.05, 3.63) is 33.8 Å². The van der Waals surface area contributed by atoms with Crippen LogP contribution in [0.3, 0.4) is 0 Å². The zero-order valence-electron chi connectivity index (χ0n) is 14.5. The summed E-state index contributed by atoms with van der Waals surface area (Å²) < 4.78 is 12.2. The first kappa shape index (κ1) is 20.9. The maximum absolute atomic E-state index is 13.0. The zero-order chi connectivity index (χ0) is 19.6. The molecule has 1 aliphatic rings. The van der Waals surface area contributed by atoms with E-state index in [0.717, 1.165) is 20.5 Å². The fourth-order valence-corrected chi connectivity index (χ4v) is 4.25. The van der Waals surface area contributed by atoms with E-state index in [1.807, 2.05) is 26.0 Å². The SMILES string of the molecule is CC(C)CN(CP(=O)(O)O)C(=O)N1Cc2c(Br)cccc2CC1C(=O)O. The molecule has 1 atom stereocenters. The van der Waals surface area contributed by atoms with E-state index in [1.165, 1.54) is 4.90 Å². The van der Waals surface area contributed by atoms with Gasteiger partial charge in [0.2, 0.25) is 0 Å². The van der Waals surface area contributed by atoms with Gasteiger partial charge in [0.25, 0.3) is 0 Å². The predicted molar refractivity (Wildman–Crippen MR) is 98.7 cm³/mol. The third-order valence-corrected chi connectivity index (χ3v) is 5.53. The van der Waals surface area contributed by atoms with Crippen LogP contribution in [0.5, 0.6) is 0 Å². The van der Waals surface area contributed by atoms with Crippen molar-refractivity contribution < 1.29 is 29.0 Å². The Labute approximate surface area is 160 Å². The molecule has 144 valence electrons. The molecule has 8 nitrogen and oxygen atoms in total. The number of hydrogen-bond donors (Lipinski definition) is 3. The molecule has 2 rings (SSSR count). The molecule has 0 aromatic heterocycles. The van der Waals surface area contributed by atoms with Crippen LogP contribution < -0.4 is 0 Å². The van der Waals surface area contributed by atoms with E-state index in [2.05, 4.69) is 15.9 Å². The summed E-state index contributed by atoms with van der Waals surface area (Å²) in [4.78, 5) is 45.5. The maximum atomic E-state index is 13.0. The van der Waals surface area contributed by atoms with Crippen molar-refractivity contribution in [1.82, 2.24) is 9.80 Å². The van der Waals surface area contributed by atoms with Crippen molar-refractivity contribution in [2.75, 3.05) is 12.8 Å². The van der Waals surface area contributed by atoms with Crippen LogP contribution in [0.1, 0.15) is 25.0 Å². The van der Waals surface area contributed by atoms with Gasteiger partial charge in [-0.25, -0.2) is 9.59 Å². The minimum atomic E-state index is -4.48. The number of benzene rings is 1. The van der Waals surface area contributed by atoms with Crippen molar-refractivity contribution in [2.24, 2.45) is 5.92 Å². The topological polar surface area (TPSA) is 118 Å². The van der Waals surface area contributed by atoms with Crippen molar-refractivity contribution in [3.8, 4) is 0 Å². The van der Waals surface area contributed by atoms with Crippen LogP contribution in [-0.2, 0) is 22.3 Å². The Kier molecular flexibility index (Phi) is 6.50. The number of amides is 2. The number of fused-ring (bicyclic) bond motifs is 1. The Hall–Kier alpha value is -1.41. The molecule has 1 aromatic rings.